The first kappa shape index (κ1) is 23.6. The molecule has 0 bridgehead atoms. The van der Waals surface area contributed by atoms with Crippen LogP contribution in [0.3, 0.4) is 0 Å². The van der Waals surface area contributed by atoms with Crippen LogP contribution in [0.1, 0.15) is 28.3 Å². The summed E-state index contributed by atoms with van der Waals surface area (Å²) in [4.78, 5) is 33.1. The van der Waals surface area contributed by atoms with Crippen molar-refractivity contribution in [1.29, 1.82) is 0 Å². The van der Waals surface area contributed by atoms with Crippen LogP contribution in [0.2, 0.25) is 0 Å². The van der Waals surface area contributed by atoms with Gasteiger partial charge in [-0.2, -0.15) is 0 Å². The van der Waals surface area contributed by atoms with Crippen molar-refractivity contribution in [3.63, 3.8) is 0 Å². The van der Waals surface area contributed by atoms with E-state index in [0.717, 1.165) is 21.3 Å². The largest absolute Gasteiger partial charge is 0.507 e. The zero-order valence-electron chi connectivity index (χ0n) is 20.2. The topological polar surface area (TPSA) is 89.0 Å². The molecule has 5 rings (SSSR count). The number of ketones is 1. The number of nitrogens with zero attached hydrogens (tertiary/aromatic N) is 2. The minimum atomic E-state index is -0.926. The molecular formula is C28H24N2O5S. The van der Waals surface area contributed by atoms with Gasteiger partial charge < -0.3 is 14.6 Å². The number of ether oxygens (including phenoxy) is 2. The van der Waals surface area contributed by atoms with Gasteiger partial charge in [0.15, 0.2) is 5.13 Å². The van der Waals surface area contributed by atoms with Gasteiger partial charge in [0.25, 0.3) is 5.78 Å². The summed E-state index contributed by atoms with van der Waals surface area (Å²) < 4.78 is 11.7. The Morgan fingerprint density at radius 1 is 1.00 bits per heavy atom. The average Bonchev–Trinajstić information content (AvgIpc) is 3.42. The van der Waals surface area contributed by atoms with E-state index in [0.29, 0.717) is 27.8 Å². The maximum atomic E-state index is 13.5. The molecule has 0 saturated carbocycles. The summed E-state index contributed by atoms with van der Waals surface area (Å²) in [5, 5.41) is 11.7. The van der Waals surface area contributed by atoms with Gasteiger partial charge in [0.2, 0.25) is 0 Å². The minimum Gasteiger partial charge on any atom is -0.507 e. The molecule has 7 nitrogen and oxygen atoms in total. The molecule has 8 heteroatoms. The van der Waals surface area contributed by atoms with Crippen molar-refractivity contribution in [2.24, 2.45) is 0 Å². The lowest BCUT2D eigenvalue weighted by Gasteiger charge is -2.24. The highest BCUT2D eigenvalue weighted by molar-refractivity contribution is 7.22. The smallest absolute Gasteiger partial charge is 0.301 e. The normalized spacial score (nSPS) is 17.1. The third-order valence-electron chi connectivity index (χ3n) is 6.27. The number of thiazole rings is 1. The number of methoxy groups -OCH3 is 2. The summed E-state index contributed by atoms with van der Waals surface area (Å²) in [5.41, 5.74) is 3.78. The lowest BCUT2D eigenvalue weighted by molar-refractivity contribution is -0.132. The van der Waals surface area contributed by atoms with E-state index in [9.17, 15) is 14.7 Å². The Morgan fingerprint density at radius 3 is 2.42 bits per heavy atom. The molecule has 4 aromatic rings. The predicted molar refractivity (Wildman–Crippen MR) is 140 cm³/mol. The first-order valence-electron chi connectivity index (χ1n) is 11.3. The van der Waals surface area contributed by atoms with Crippen molar-refractivity contribution in [2.45, 2.75) is 19.9 Å². The van der Waals surface area contributed by atoms with E-state index in [1.165, 1.54) is 23.3 Å². The molecule has 1 fully saturated rings. The van der Waals surface area contributed by atoms with Crippen molar-refractivity contribution >= 4 is 44.1 Å². The summed E-state index contributed by atoms with van der Waals surface area (Å²) in [5.74, 6) is -0.722. The molecule has 0 radical (unpaired) electrons. The van der Waals surface area contributed by atoms with Crippen LogP contribution >= 0.6 is 11.3 Å². The number of carbonyl (C=O) groups excluding carboxylic acids is 2. The fourth-order valence-electron chi connectivity index (χ4n) is 4.58. The molecule has 182 valence electrons. The second-order valence-corrected chi connectivity index (χ2v) is 9.57. The van der Waals surface area contributed by atoms with Crippen molar-refractivity contribution in [1.82, 2.24) is 4.98 Å². The van der Waals surface area contributed by atoms with Gasteiger partial charge >= 0.3 is 5.91 Å². The van der Waals surface area contributed by atoms with Gasteiger partial charge in [0, 0.05) is 11.1 Å². The number of aliphatic hydroxyl groups excluding tert-OH is 1. The number of amides is 1. The lowest BCUT2D eigenvalue weighted by atomic mass is 9.94. The number of aryl methyl sites for hydroxylation is 2. The van der Waals surface area contributed by atoms with E-state index in [1.807, 2.05) is 32.0 Å². The maximum absolute atomic E-state index is 13.5. The molecule has 1 atom stereocenters. The Morgan fingerprint density at radius 2 is 1.72 bits per heavy atom. The molecule has 1 N–H and O–H groups in total. The van der Waals surface area contributed by atoms with Crippen LogP contribution in [0, 0.1) is 13.8 Å². The van der Waals surface area contributed by atoms with Crippen molar-refractivity contribution in [2.75, 3.05) is 19.1 Å². The zero-order valence-corrected chi connectivity index (χ0v) is 21.1. The zero-order chi connectivity index (χ0) is 25.6. The molecule has 0 spiro atoms. The Labute approximate surface area is 212 Å². The number of Topliss-reactive ketones (excluding diaryl/α,β-unsaturated/α-hetero) is 1. The second kappa shape index (κ2) is 9.13. The van der Waals surface area contributed by atoms with Crippen LogP contribution in [0.5, 0.6) is 11.5 Å². The minimum absolute atomic E-state index is 0.0261. The highest BCUT2D eigenvalue weighted by Crippen LogP contribution is 2.46. The first-order chi connectivity index (χ1) is 17.3. The van der Waals surface area contributed by atoms with Gasteiger partial charge in [-0.25, -0.2) is 4.98 Å². The summed E-state index contributed by atoms with van der Waals surface area (Å²) in [6.07, 6.45) is 0. The van der Waals surface area contributed by atoms with E-state index < -0.39 is 17.7 Å². The number of hydrogen-bond donors (Lipinski definition) is 1. The molecule has 1 saturated heterocycles. The van der Waals surface area contributed by atoms with Crippen LogP contribution < -0.4 is 14.4 Å². The molecule has 3 aromatic carbocycles. The molecule has 1 aliphatic rings. The lowest BCUT2D eigenvalue weighted by Crippen LogP contribution is -2.29. The summed E-state index contributed by atoms with van der Waals surface area (Å²) in [6.45, 7) is 3.97. The molecular weight excluding hydrogens is 476 g/mol. The summed E-state index contributed by atoms with van der Waals surface area (Å²) >= 11 is 1.34. The summed E-state index contributed by atoms with van der Waals surface area (Å²) in [6, 6.07) is 16.9. The van der Waals surface area contributed by atoms with Gasteiger partial charge in [-0.15, -0.1) is 0 Å². The van der Waals surface area contributed by atoms with Crippen LogP contribution in [0.25, 0.3) is 16.0 Å². The number of carbonyl (C=O) groups is 2. The highest BCUT2D eigenvalue weighted by Gasteiger charge is 2.49. The number of rotatable bonds is 5. The number of aromatic nitrogens is 1. The monoisotopic (exact) mass is 500 g/mol. The SMILES string of the molecule is COc1ccc(C(O)=C2C(=O)C(=O)N(c3nc4c(C)cc(C)cc4s3)[C@H]2c2ccccc2OC)cc1. The van der Waals surface area contributed by atoms with Crippen LogP contribution in [-0.4, -0.2) is 36.0 Å². The fraction of sp³-hybridized carbons (Fsp3) is 0.179. The standard InChI is InChI=1S/C28H24N2O5S/c1-15-13-16(2)23-21(14-15)36-28(29-23)30-24(19-7-5-6-8-20(19)35-4)22(26(32)27(30)33)25(31)17-9-11-18(34-3)12-10-17/h5-14,24,31H,1-4H3/t24-/m0/s1. The third-order valence-corrected chi connectivity index (χ3v) is 7.27. The molecule has 1 amide bonds. The first-order valence-corrected chi connectivity index (χ1v) is 12.1. The Balaban J connectivity index is 1.75. The molecule has 36 heavy (non-hydrogen) atoms. The maximum Gasteiger partial charge on any atom is 0.301 e. The van der Waals surface area contributed by atoms with Gasteiger partial charge in [0.05, 0.1) is 30.0 Å². The van der Waals surface area contributed by atoms with Gasteiger partial charge in [-0.1, -0.05) is 35.6 Å². The van der Waals surface area contributed by atoms with E-state index in [-0.39, 0.29) is 11.3 Å². The fourth-order valence-corrected chi connectivity index (χ4v) is 5.75. The van der Waals surface area contributed by atoms with Crippen LogP contribution in [0.15, 0.2) is 66.2 Å². The molecule has 1 aliphatic heterocycles. The van der Waals surface area contributed by atoms with E-state index in [2.05, 4.69) is 0 Å². The van der Waals surface area contributed by atoms with E-state index >= 15 is 0 Å². The molecule has 0 aliphatic carbocycles. The van der Waals surface area contributed by atoms with Crippen molar-refractivity contribution in [3.05, 3.63) is 88.5 Å². The number of benzene rings is 3. The number of aliphatic hydroxyl groups is 1. The Kier molecular flexibility index (Phi) is 5.97. The van der Waals surface area contributed by atoms with Crippen LogP contribution in [0.4, 0.5) is 5.13 Å². The number of anilines is 1. The third kappa shape index (κ3) is 3.79. The predicted octanol–water partition coefficient (Wildman–Crippen LogP) is 5.56. The molecule has 2 heterocycles. The number of hydrogen-bond acceptors (Lipinski definition) is 7. The number of fused-ring (bicyclic) bond motifs is 1. The quantitative estimate of drug-likeness (QED) is 0.219. The summed E-state index contributed by atoms with van der Waals surface area (Å²) in [7, 11) is 3.07. The van der Waals surface area contributed by atoms with Gasteiger partial charge in [0.1, 0.15) is 23.3 Å². The van der Waals surface area contributed by atoms with Crippen molar-refractivity contribution < 1.29 is 24.2 Å². The van der Waals surface area contributed by atoms with Crippen molar-refractivity contribution in [3.8, 4) is 11.5 Å². The van der Waals surface area contributed by atoms with Gasteiger partial charge in [-0.3, -0.25) is 14.5 Å². The molecule has 0 unspecified atom stereocenters. The van der Waals surface area contributed by atoms with Crippen LogP contribution in [-0.2, 0) is 9.59 Å². The Bertz CT molecular complexity index is 1540. The number of para-hydroxylation sites is 1. The van der Waals surface area contributed by atoms with E-state index in [1.54, 1.807) is 49.6 Å². The second-order valence-electron chi connectivity index (χ2n) is 8.56. The van der Waals surface area contributed by atoms with E-state index in [4.69, 9.17) is 14.5 Å². The highest BCUT2D eigenvalue weighted by atomic mass is 32.1. The van der Waals surface area contributed by atoms with Gasteiger partial charge in [-0.05, 0) is 61.4 Å². The Hall–Kier alpha value is -4.17. The molecule has 1 aromatic heterocycles. The average molecular weight is 501 g/mol.